The lowest BCUT2D eigenvalue weighted by Gasteiger charge is -2.01. The van der Waals surface area contributed by atoms with E-state index in [1.807, 2.05) is 0 Å². The van der Waals surface area contributed by atoms with Gasteiger partial charge in [-0.2, -0.15) is 0 Å². The zero-order chi connectivity index (χ0) is 8.97. The fourth-order valence-corrected chi connectivity index (χ4v) is 0.833. The number of para-hydroxylation sites is 1. The van der Waals surface area contributed by atoms with Gasteiger partial charge in [0.15, 0.2) is 0 Å². The SMILES string of the molecule is C#Cc1ccccc1NC(=O)O. The Morgan fingerprint density at radius 2 is 2.17 bits per heavy atom. The molecule has 2 N–H and O–H groups in total. The van der Waals surface area contributed by atoms with Crippen molar-refractivity contribution in [3.8, 4) is 12.3 Å². The lowest BCUT2D eigenvalue weighted by atomic mass is 10.2. The molecule has 3 nitrogen and oxygen atoms in total. The van der Waals surface area contributed by atoms with Crippen LogP contribution in [0.2, 0.25) is 0 Å². The fourth-order valence-electron chi connectivity index (χ4n) is 0.833. The van der Waals surface area contributed by atoms with Crippen LogP contribution < -0.4 is 5.32 Å². The second kappa shape index (κ2) is 3.44. The molecule has 0 atom stereocenters. The molecule has 0 fully saturated rings. The molecule has 0 aliphatic heterocycles. The van der Waals surface area contributed by atoms with Crippen LogP contribution in [0.5, 0.6) is 0 Å². The number of carboxylic acid groups (broad SMARTS) is 1. The second-order valence-corrected chi connectivity index (χ2v) is 2.12. The Kier molecular flexibility index (Phi) is 2.34. The minimum atomic E-state index is -1.11. The average molecular weight is 161 g/mol. The van der Waals surface area contributed by atoms with Crippen LogP contribution in [0.1, 0.15) is 5.56 Å². The third-order valence-corrected chi connectivity index (χ3v) is 1.32. The first-order valence-electron chi connectivity index (χ1n) is 3.29. The summed E-state index contributed by atoms with van der Waals surface area (Å²) in [6.07, 6.45) is 4.03. The Morgan fingerprint density at radius 1 is 1.50 bits per heavy atom. The molecule has 3 heteroatoms. The van der Waals surface area contributed by atoms with Crippen LogP contribution >= 0.6 is 0 Å². The molecule has 12 heavy (non-hydrogen) atoms. The molecule has 60 valence electrons. The first-order chi connectivity index (χ1) is 5.74. The van der Waals surface area contributed by atoms with Crippen LogP contribution in [0.25, 0.3) is 0 Å². The summed E-state index contributed by atoms with van der Waals surface area (Å²) in [5, 5.41) is 10.6. The van der Waals surface area contributed by atoms with Gasteiger partial charge in [0.2, 0.25) is 0 Å². The van der Waals surface area contributed by atoms with Crippen molar-refractivity contribution >= 4 is 11.8 Å². The minimum Gasteiger partial charge on any atom is -0.465 e. The summed E-state index contributed by atoms with van der Waals surface area (Å²) in [4.78, 5) is 10.3. The second-order valence-electron chi connectivity index (χ2n) is 2.12. The smallest absolute Gasteiger partial charge is 0.409 e. The molecule has 0 saturated carbocycles. The molecular weight excluding hydrogens is 154 g/mol. The van der Waals surface area contributed by atoms with E-state index < -0.39 is 6.09 Å². The molecule has 0 radical (unpaired) electrons. The Hall–Kier alpha value is -1.95. The highest BCUT2D eigenvalue weighted by atomic mass is 16.4. The van der Waals surface area contributed by atoms with Crippen molar-refractivity contribution < 1.29 is 9.90 Å². The summed E-state index contributed by atoms with van der Waals surface area (Å²) in [5.74, 6) is 2.38. The Bertz CT molecular complexity index is 339. The van der Waals surface area contributed by atoms with Gasteiger partial charge < -0.3 is 5.11 Å². The van der Waals surface area contributed by atoms with Crippen molar-refractivity contribution in [2.24, 2.45) is 0 Å². The van der Waals surface area contributed by atoms with Gasteiger partial charge >= 0.3 is 6.09 Å². The molecule has 1 rings (SSSR count). The van der Waals surface area contributed by atoms with E-state index in [2.05, 4.69) is 11.2 Å². The average Bonchev–Trinajstić information content (AvgIpc) is 2.04. The van der Waals surface area contributed by atoms with Gasteiger partial charge in [0.25, 0.3) is 0 Å². The molecule has 0 aliphatic carbocycles. The normalized spacial score (nSPS) is 8.58. The number of terminal acetylenes is 1. The Balaban J connectivity index is 2.99. The highest BCUT2D eigenvalue weighted by Crippen LogP contribution is 2.12. The van der Waals surface area contributed by atoms with E-state index in [-0.39, 0.29) is 0 Å². The van der Waals surface area contributed by atoms with Gasteiger partial charge in [-0.3, -0.25) is 5.32 Å². The van der Waals surface area contributed by atoms with Crippen molar-refractivity contribution in [2.45, 2.75) is 0 Å². The van der Waals surface area contributed by atoms with Gasteiger partial charge in [0, 0.05) is 5.56 Å². The largest absolute Gasteiger partial charge is 0.465 e. The van der Waals surface area contributed by atoms with E-state index in [1.54, 1.807) is 24.3 Å². The lowest BCUT2D eigenvalue weighted by Crippen LogP contribution is -2.08. The van der Waals surface area contributed by atoms with E-state index in [0.717, 1.165) is 0 Å². The van der Waals surface area contributed by atoms with Crippen molar-refractivity contribution in [2.75, 3.05) is 5.32 Å². The first kappa shape index (κ1) is 8.15. The van der Waals surface area contributed by atoms with Gasteiger partial charge in [0.05, 0.1) is 5.69 Å². The molecular formula is C9H7NO2. The van der Waals surface area contributed by atoms with E-state index in [1.165, 1.54) is 0 Å². The number of hydrogen-bond acceptors (Lipinski definition) is 1. The Labute approximate surface area is 70.0 Å². The molecule has 0 aliphatic rings. The van der Waals surface area contributed by atoms with Crippen LogP contribution in [0.4, 0.5) is 10.5 Å². The highest BCUT2D eigenvalue weighted by Gasteiger charge is 2.00. The van der Waals surface area contributed by atoms with Crippen molar-refractivity contribution in [3.05, 3.63) is 29.8 Å². The number of benzene rings is 1. The topological polar surface area (TPSA) is 49.3 Å². The standard InChI is InChI=1S/C9H7NO2/c1-2-7-5-3-4-6-8(7)10-9(11)12/h1,3-6,10H,(H,11,12). The summed E-state index contributed by atoms with van der Waals surface area (Å²) in [6.45, 7) is 0. The minimum absolute atomic E-state index is 0.438. The van der Waals surface area contributed by atoms with Gasteiger partial charge in [-0.05, 0) is 12.1 Å². The summed E-state index contributed by atoms with van der Waals surface area (Å²) < 4.78 is 0. The van der Waals surface area contributed by atoms with Crippen molar-refractivity contribution in [3.63, 3.8) is 0 Å². The van der Waals surface area contributed by atoms with Crippen LogP contribution in [0.3, 0.4) is 0 Å². The predicted octanol–water partition coefficient (Wildman–Crippen LogP) is 1.76. The third kappa shape index (κ3) is 1.77. The van der Waals surface area contributed by atoms with Gasteiger partial charge in [0.1, 0.15) is 0 Å². The Morgan fingerprint density at radius 3 is 2.75 bits per heavy atom. The molecule has 0 spiro atoms. The van der Waals surface area contributed by atoms with E-state index in [9.17, 15) is 4.79 Å². The van der Waals surface area contributed by atoms with Gasteiger partial charge in [-0.25, -0.2) is 4.79 Å². The predicted molar refractivity (Wildman–Crippen MR) is 46.0 cm³/mol. The monoisotopic (exact) mass is 161 g/mol. The summed E-state index contributed by atoms with van der Waals surface area (Å²) in [5.41, 5.74) is 0.979. The van der Waals surface area contributed by atoms with E-state index in [4.69, 9.17) is 11.5 Å². The number of nitrogens with one attached hydrogen (secondary N) is 1. The maximum absolute atomic E-state index is 10.3. The fraction of sp³-hybridized carbons (Fsp3) is 0. The summed E-state index contributed by atoms with van der Waals surface area (Å²) >= 11 is 0. The zero-order valence-corrected chi connectivity index (χ0v) is 6.24. The highest BCUT2D eigenvalue weighted by molar-refractivity contribution is 5.84. The van der Waals surface area contributed by atoms with Crippen LogP contribution in [-0.4, -0.2) is 11.2 Å². The zero-order valence-electron chi connectivity index (χ0n) is 6.24. The molecule has 1 aromatic rings. The molecule has 0 heterocycles. The van der Waals surface area contributed by atoms with Gasteiger partial charge in [-0.15, -0.1) is 6.42 Å². The molecule has 0 aromatic heterocycles. The first-order valence-corrected chi connectivity index (χ1v) is 3.29. The molecule has 0 saturated heterocycles. The number of rotatable bonds is 1. The molecule has 1 aromatic carbocycles. The molecule has 1 amide bonds. The molecule has 0 bridgehead atoms. The van der Waals surface area contributed by atoms with E-state index in [0.29, 0.717) is 11.3 Å². The number of anilines is 1. The van der Waals surface area contributed by atoms with E-state index >= 15 is 0 Å². The summed E-state index contributed by atoms with van der Waals surface area (Å²) in [7, 11) is 0. The third-order valence-electron chi connectivity index (χ3n) is 1.32. The lowest BCUT2D eigenvalue weighted by molar-refractivity contribution is 0.209. The van der Waals surface area contributed by atoms with Gasteiger partial charge in [-0.1, -0.05) is 18.1 Å². The van der Waals surface area contributed by atoms with Crippen molar-refractivity contribution in [1.29, 1.82) is 0 Å². The summed E-state index contributed by atoms with van der Waals surface area (Å²) in [6, 6.07) is 6.75. The maximum Gasteiger partial charge on any atom is 0.409 e. The number of amides is 1. The van der Waals surface area contributed by atoms with Crippen LogP contribution in [0, 0.1) is 12.3 Å². The van der Waals surface area contributed by atoms with Crippen LogP contribution in [-0.2, 0) is 0 Å². The number of carbonyl (C=O) groups is 1. The molecule has 0 unspecified atom stereocenters. The quantitative estimate of drug-likeness (QED) is 0.616. The number of hydrogen-bond donors (Lipinski definition) is 2. The van der Waals surface area contributed by atoms with Crippen LogP contribution in [0.15, 0.2) is 24.3 Å². The maximum atomic E-state index is 10.3. The van der Waals surface area contributed by atoms with Crippen molar-refractivity contribution in [1.82, 2.24) is 0 Å².